The molecule has 0 fully saturated rings. The van der Waals surface area contributed by atoms with Gasteiger partial charge in [0, 0.05) is 17.8 Å². The first kappa shape index (κ1) is 15.8. The van der Waals surface area contributed by atoms with Crippen LogP contribution in [0.3, 0.4) is 0 Å². The van der Waals surface area contributed by atoms with Crippen molar-refractivity contribution in [2.24, 2.45) is 5.73 Å². The molecular formula is C16H21N3OS. The van der Waals surface area contributed by atoms with Crippen molar-refractivity contribution in [2.75, 3.05) is 0 Å². The maximum absolute atomic E-state index is 11.6. The summed E-state index contributed by atoms with van der Waals surface area (Å²) in [5, 5.41) is 0.693. The molecule has 21 heavy (non-hydrogen) atoms. The van der Waals surface area contributed by atoms with Crippen molar-refractivity contribution >= 4 is 11.8 Å². The van der Waals surface area contributed by atoms with Gasteiger partial charge in [-0.1, -0.05) is 43.0 Å². The first-order chi connectivity index (χ1) is 10.0. The van der Waals surface area contributed by atoms with Crippen molar-refractivity contribution in [3.05, 3.63) is 57.5 Å². The molecule has 3 N–H and O–H groups in total. The van der Waals surface area contributed by atoms with Gasteiger partial charge in [0.2, 0.25) is 0 Å². The van der Waals surface area contributed by atoms with Crippen LogP contribution in [0.5, 0.6) is 0 Å². The van der Waals surface area contributed by atoms with Gasteiger partial charge in [-0.2, -0.15) is 0 Å². The van der Waals surface area contributed by atoms with E-state index in [2.05, 4.69) is 35.9 Å². The molecule has 2 rings (SSSR count). The molecule has 0 aliphatic carbocycles. The summed E-state index contributed by atoms with van der Waals surface area (Å²) < 4.78 is 0. The van der Waals surface area contributed by atoms with Crippen molar-refractivity contribution in [2.45, 2.75) is 43.6 Å². The monoisotopic (exact) mass is 303 g/mol. The molecule has 0 amide bonds. The smallest absolute Gasteiger partial charge is 0.251 e. The van der Waals surface area contributed by atoms with Gasteiger partial charge in [-0.05, 0) is 31.4 Å². The van der Waals surface area contributed by atoms with E-state index >= 15 is 0 Å². The summed E-state index contributed by atoms with van der Waals surface area (Å²) in [7, 11) is 0. The van der Waals surface area contributed by atoms with E-state index in [1.54, 1.807) is 0 Å². The summed E-state index contributed by atoms with van der Waals surface area (Å²) in [6.07, 6.45) is 0.863. The minimum absolute atomic E-state index is 0.00177. The lowest BCUT2D eigenvalue weighted by atomic mass is 10.00. The SMILES string of the molecule is CCC(N)C(Sc1nc(C)cc(=O)[nH]1)c1ccccc1C. The topological polar surface area (TPSA) is 71.8 Å². The number of H-pyrrole nitrogens is 1. The Morgan fingerprint density at radius 2 is 2.05 bits per heavy atom. The van der Waals surface area contributed by atoms with Crippen molar-refractivity contribution in [3.8, 4) is 0 Å². The van der Waals surface area contributed by atoms with Crippen LogP contribution < -0.4 is 11.3 Å². The van der Waals surface area contributed by atoms with E-state index in [-0.39, 0.29) is 16.9 Å². The molecule has 2 unspecified atom stereocenters. The number of benzene rings is 1. The molecule has 1 heterocycles. The number of hydrogen-bond donors (Lipinski definition) is 2. The quantitative estimate of drug-likeness (QED) is 0.658. The highest BCUT2D eigenvalue weighted by Crippen LogP contribution is 2.37. The number of nitrogens with two attached hydrogens (primary N) is 1. The van der Waals surface area contributed by atoms with Gasteiger partial charge in [0.25, 0.3) is 5.56 Å². The number of rotatable bonds is 5. The number of nitrogens with zero attached hydrogens (tertiary/aromatic N) is 1. The van der Waals surface area contributed by atoms with E-state index in [0.29, 0.717) is 5.16 Å². The molecule has 5 heteroatoms. The van der Waals surface area contributed by atoms with E-state index in [0.717, 1.165) is 12.1 Å². The van der Waals surface area contributed by atoms with Crippen molar-refractivity contribution in [1.82, 2.24) is 9.97 Å². The lowest BCUT2D eigenvalue weighted by molar-refractivity contribution is 0.630. The van der Waals surface area contributed by atoms with E-state index < -0.39 is 0 Å². The molecule has 0 aliphatic heterocycles. The Labute approximate surface area is 129 Å². The second-order valence-corrected chi connectivity index (χ2v) is 6.29. The summed E-state index contributed by atoms with van der Waals surface area (Å²) in [5.74, 6) is 0. The Morgan fingerprint density at radius 1 is 1.33 bits per heavy atom. The average molecular weight is 303 g/mol. The predicted octanol–water partition coefficient (Wildman–Crippen LogP) is 2.96. The van der Waals surface area contributed by atoms with Gasteiger partial charge in [0.15, 0.2) is 5.16 Å². The maximum Gasteiger partial charge on any atom is 0.251 e. The van der Waals surface area contributed by atoms with Crippen LogP contribution in [0.4, 0.5) is 0 Å². The third-order valence-corrected chi connectivity index (χ3v) is 4.72. The third-order valence-electron chi connectivity index (χ3n) is 3.44. The van der Waals surface area contributed by atoms with Crippen LogP contribution in [-0.2, 0) is 0 Å². The van der Waals surface area contributed by atoms with Gasteiger partial charge < -0.3 is 10.7 Å². The summed E-state index contributed by atoms with van der Waals surface area (Å²) >= 11 is 1.53. The van der Waals surface area contributed by atoms with Crippen LogP contribution in [0, 0.1) is 13.8 Å². The van der Waals surface area contributed by atoms with Gasteiger partial charge >= 0.3 is 0 Å². The predicted molar refractivity (Wildman–Crippen MR) is 87.6 cm³/mol. The summed E-state index contributed by atoms with van der Waals surface area (Å²) in [6, 6.07) is 9.71. The maximum atomic E-state index is 11.6. The van der Waals surface area contributed by atoms with Crippen LogP contribution in [0.25, 0.3) is 0 Å². The average Bonchev–Trinajstić information content (AvgIpc) is 2.44. The first-order valence-electron chi connectivity index (χ1n) is 7.07. The van der Waals surface area contributed by atoms with Crippen LogP contribution in [0.2, 0.25) is 0 Å². The van der Waals surface area contributed by atoms with Crippen LogP contribution in [-0.4, -0.2) is 16.0 Å². The zero-order valence-corrected chi connectivity index (χ0v) is 13.4. The molecule has 1 aromatic carbocycles. The highest BCUT2D eigenvalue weighted by molar-refractivity contribution is 7.99. The molecule has 0 saturated heterocycles. The van der Waals surface area contributed by atoms with Crippen LogP contribution in [0.15, 0.2) is 40.3 Å². The fraction of sp³-hybridized carbons (Fsp3) is 0.375. The fourth-order valence-corrected chi connectivity index (χ4v) is 3.58. The van der Waals surface area contributed by atoms with Crippen molar-refractivity contribution in [3.63, 3.8) is 0 Å². The Bertz CT molecular complexity index is 669. The Kier molecular flexibility index (Phi) is 5.20. The van der Waals surface area contributed by atoms with E-state index in [4.69, 9.17) is 5.73 Å². The number of aryl methyl sites for hydroxylation is 2. The lowest BCUT2D eigenvalue weighted by Gasteiger charge is -2.24. The zero-order valence-electron chi connectivity index (χ0n) is 12.6. The van der Waals surface area contributed by atoms with Gasteiger partial charge in [0.1, 0.15) is 0 Å². The zero-order chi connectivity index (χ0) is 15.4. The Balaban J connectivity index is 2.37. The number of nitrogens with one attached hydrogen (secondary N) is 1. The summed E-state index contributed by atoms with van der Waals surface area (Å²) in [6.45, 7) is 5.97. The molecule has 0 radical (unpaired) electrons. The fourth-order valence-electron chi connectivity index (χ4n) is 2.23. The highest BCUT2D eigenvalue weighted by Gasteiger charge is 2.22. The summed E-state index contributed by atoms with van der Waals surface area (Å²) in [5.41, 5.74) is 9.29. The largest absolute Gasteiger partial charge is 0.326 e. The van der Waals surface area contributed by atoms with Crippen molar-refractivity contribution < 1.29 is 0 Å². The second-order valence-electron chi connectivity index (χ2n) is 5.16. The highest BCUT2D eigenvalue weighted by atomic mass is 32.2. The second kappa shape index (κ2) is 6.91. The first-order valence-corrected chi connectivity index (χ1v) is 7.95. The number of hydrogen-bond acceptors (Lipinski definition) is 4. The van der Waals surface area contributed by atoms with E-state index in [1.165, 1.54) is 29.0 Å². The molecule has 0 spiro atoms. The van der Waals surface area contributed by atoms with Crippen LogP contribution >= 0.6 is 11.8 Å². The van der Waals surface area contributed by atoms with E-state index in [1.807, 2.05) is 19.1 Å². The van der Waals surface area contributed by atoms with Gasteiger partial charge in [-0.3, -0.25) is 4.79 Å². The molecule has 2 aromatic rings. The minimum atomic E-state index is -0.126. The van der Waals surface area contributed by atoms with Gasteiger partial charge in [-0.25, -0.2) is 4.98 Å². The van der Waals surface area contributed by atoms with Gasteiger partial charge in [0.05, 0.1) is 5.25 Å². The standard InChI is InChI=1S/C16H21N3OS/c1-4-13(17)15(12-8-6-5-7-10(12)2)21-16-18-11(3)9-14(20)19-16/h5-9,13,15H,4,17H2,1-3H3,(H,18,19,20). The Hall–Kier alpha value is -1.59. The molecule has 4 nitrogen and oxygen atoms in total. The third kappa shape index (κ3) is 3.95. The summed E-state index contributed by atoms with van der Waals surface area (Å²) in [4.78, 5) is 18.8. The lowest BCUT2D eigenvalue weighted by Crippen LogP contribution is -2.26. The molecule has 1 aromatic heterocycles. The molecule has 112 valence electrons. The number of thioether (sulfide) groups is 1. The number of aromatic amines is 1. The van der Waals surface area contributed by atoms with Crippen molar-refractivity contribution in [1.29, 1.82) is 0 Å². The normalized spacial score (nSPS) is 13.9. The molecule has 2 atom stereocenters. The molecular weight excluding hydrogens is 282 g/mol. The molecule has 0 aliphatic rings. The molecule has 0 saturated carbocycles. The number of aromatic nitrogens is 2. The van der Waals surface area contributed by atoms with Crippen LogP contribution in [0.1, 0.15) is 35.4 Å². The Morgan fingerprint density at radius 3 is 2.67 bits per heavy atom. The van der Waals surface area contributed by atoms with E-state index in [9.17, 15) is 4.79 Å². The molecule has 0 bridgehead atoms. The van der Waals surface area contributed by atoms with Gasteiger partial charge in [-0.15, -0.1) is 0 Å². The minimum Gasteiger partial charge on any atom is -0.326 e.